The van der Waals surface area contributed by atoms with Crippen LogP contribution in [0.4, 0.5) is 0 Å². The van der Waals surface area contributed by atoms with Crippen molar-refractivity contribution < 1.29 is 18.3 Å². The molecule has 7 nitrogen and oxygen atoms in total. The van der Waals surface area contributed by atoms with E-state index in [-0.39, 0.29) is 0 Å². The van der Waals surface area contributed by atoms with E-state index in [0.717, 1.165) is 19.5 Å². The fraction of sp³-hybridized carbons (Fsp3) is 0.929. The first-order chi connectivity index (χ1) is 10.3. The second kappa shape index (κ2) is 7.25. The van der Waals surface area contributed by atoms with Crippen LogP contribution in [0.25, 0.3) is 0 Å². The van der Waals surface area contributed by atoms with Gasteiger partial charge in [-0.15, -0.1) is 0 Å². The molecule has 2 rings (SSSR count). The van der Waals surface area contributed by atoms with Gasteiger partial charge in [0.2, 0.25) is 0 Å². The van der Waals surface area contributed by atoms with Gasteiger partial charge >= 0.3 is 5.97 Å². The molecule has 128 valence electrons. The van der Waals surface area contributed by atoms with Gasteiger partial charge in [-0.25, -0.2) is 0 Å². The molecule has 0 aromatic heterocycles. The zero-order valence-corrected chi connectivity index (χ0v) is 14.3. The van der Waals surface area contributed by atoms with Crippen molar-refractivity contribution >= 4 is 16.2 Å². The predicted octanol–water partition coefficient (Wildman–Crippen LogP) is 0.444. The molecule has 0 saturated carbocycles. The van der Waals surface area contributed by atoms with E-state index in [2.05, 4.69) is 18.7 Å². The topological polar surface area (TPSA) is 81.2 Å². The molecule has 0 bridgehead atoms. The number of carboxylic acid groups (broad SMARTS) is 1. The highest BCUT2D eigenvalue weighted by Gasteiger charge is 2.35. The van der Waals surface area contributed by atoms with Crippen LogP contribution in [0.2, 0.25) is 0 Å². The third-order valence-corrected chi connectivity index (χ3v) is 6.71. The number of nitrogens with zero attached hydrogens (tertiary/aromatic N) is 3. The van der Waals surface area contributed by atoms with Gasteiger partial charge in [0.05, 0.1) is 5.92 Å². The van der Waals surface area contributed by atoms with Gasteiger partial charge in [-0.2, -0.15) is 17.0 Å². The van der Waals surface area contributed by atoms with Crippen LogP contribution in [-0.4, -0.2) is 78.3 Å². The highest BCUT2D eigenvalue weighted by molar-refractivity contribution is 7.86. The zero-order valence-electron chi connectivity index (χ0n) is 13.4. The van der Waals surface area contributed by atoms with Gasteiger partial charge in [0, 0.05) is 38.8 Å². The minimum atomic E-state index is -3.46. The summed E-state index contributed by atoms with van der Waals surface area (Å²) in [4.78, 5) is 13.3. The lowest BCUT2D eigenvalue weighted by Gasteiger charge is -2.33. The van der Waals surface area contributed by atoms with Gasteiger partial charge in [-0.05, 0) is 39.7 Å². The zero-order chi connectivity index (χ0) is 16.3. The molecular formula is C14H27N3O4S. The Labute approximate surface area is 133 Å². The van der Waals surface area contributed by atoms with Crippen LogP contribution in [0.15, 0.2) is 0 Å². The molecule has 0 unspecified atom stereocenters. The van der Waals surface area contributed by atoms with Crippen molar-refractivity contribution in [1.29, 1.82) is 0 Å². The molecule has 22 heavy (non-hydrogen) atoms. The number of carbonyl (C=O) groups is 1. The van der Waals surface area contributed by atoms with Crippen molar-refractivity contribution in [2.45, 2.75) is 39.2 Å². The molecule has 8 heteroatoms. The van der Waals surface area contributed by atoms with Crippen molar-refractivity contribution in [1.82, 2.24) is 13.5 Å². The molecule has 2 fully saturated rings. The quantitative estimate of drug-likeness (QED) is 0.807. The Morgan fingerprint density at radius 3 is 2.14 bits per heavy atom. The van der Waals surface area contributed by atoms with Crippen molar-refractivity contribution in [3.8, 4) is 0 Å². The van der Waals surface area contributed by atoms with Crippen molar-refractivity contribution in [2.75, 3.05) is 39.3 Å². The second-order valence-electron chi connectivity index (χ2n) is 6.40. The summed E-state index contributed by atoms with van der Waals surface area (Å²) in [7, 11) is -3.46. The van der Waals surface area contributed by atoms with Gasteiger partial charge in [0.25, 0.3) is 10.2 Å². The van der Waals surface area contributed by atoms with E-state index in [4.69, 9.17) is 5.11 Å². The molecule has 0 aromatic rings. The number of hydrogen-bond acceptors (Lipinski definition) is 4. The lowest BCUT2D eigenvalue weighted by molar-refractivity contribution is -0.142. The van der Waals surface area contributed by atoms with Crippen LogP contribution in [0.1, 0.15) is 33.1 Å². The van der Waals surface area contributed by atoms with Crippen LogP contribution >= 0.6 is 0 Å². The minimum Gasteiger partial charge on any atom is -0.481 e. The number of rotatable bonds is 4. The maximum Gasteiger partial charge on any atom is 0.306 e. The van der Waals surface area contributed by atoms with E-state index >= 15 is 0 Å². The lowest BCUT2D eigenvalue weighted by atomic mass is 9.99. The molecule has 0 radical (unpaired) electrons. The summed E-state index contributed by atoms with van der Waals surface area (Å²) < 4.78 is 28.5. The molecular weight excluding hydrogens is 306 g/mol. The highest BCUT2D eigenvalue weighted by Crippen LogP contribution is 2.22. The van der Waals surface area contributed by atoms with Crippen molar-refractivity contribution in [3.05, 3.63) is 0 Å². The summed E-state index contributed by atoms with van der Waals surface area (Å²) >= 11 is 0. The van der Waals surface area contributed by atoms with Crippen LogP contribution in [0.3, 0.4) is 0 Å². The summed E-state index contributed by atoms with van der Waals surface area (Å²) in [5.41, 5.74) is 0. The first-order valence-corrected chi connectivity index (χ1v) is 9.44. The van der Waals surface area contributed by atoms with Crippen molar-refractivity contribution in [2.24, 2.45) is 5.92 Å². The van der Waals surface area contributed by atoms with Gasteiger partial charge in [0.15, 0.2) is 0 Å². The van der Waals surface area contributed by atoms with Crippen LogP contribution in [0, 0.1) is 5.92 Å². The maximum atomic E-state index is 12.7. The van der Waals surface area contributed by atoms with Gasteiger partial charge in [-0.1, -0.05) is 0 Å². The summed E-state index contributed by atoms with van der Waals surface area (Å²) in [6, 6.07) is 0.425. The predicted molar refractivity (Wildman–Crippen MR) is 83.8 cm³/mol. The Balaban J connectivity index is 1.97. The number of piperidine rings is 1. The van der Waals surface area contributed by atoms with E-state index in [1.807, 2.05) is 0 Å². The summed E-state index contributed by atoms with van der Waals surface area (Å²) in [6.07, 6.45) is 1.64. The number of aliphatic carboxylic acids is 1. The molecule has 0 spiro atoms. The SMILES string of the molecule is CC(C)N1CCCN(S(=O)(=O)N2CCC(C(=O)O)CC2)CC1. The first-order valence-electron chi connectivity index (χ1n) is 8.04. The first kappa shape index (κ1) is 17.7. The Kier molecular flexibility index (Phi) is 5.81. The van der Waals surface area contributed by atoms with Gasteiger partial charge in [-0.3, -0.25) is 9.69 Å². The Bertz CT molecular complexity index is 486. The molecule has 2 aliphatic rings. The standard InChI is InChI=1S/C14H27N3O4S/c1-12(2)15-6-3-7-16(11-10-15)22(20,21)17-8-4-13(5-9-17)14(18)19/h12-13H,3-11H2,1-2H3,(H,18,19). The monoisotopic (exact) mass is 333 g/mol. The molecule has 2 aliphatic heterocycles. The normalized spacial score (nSPS) is 24.5. The van der Waals surface area contributed by atoms with E-state index < -0.39 is 22.1 Å². The number of hydrogen-bond donors (Lipinski definition) is 1. The molecule has 2 heterocycles. The molecule has 1 N–H and O–H groups in total. The van der Waals surface area contributed by atoms with Crippen LogP contribution < -0.4 is 0 Å². The van der Waals surface area contributed by atoms with Crippen LogP contribution in [0.5, 0.6) is 0 Å². The Morgan fingerprint density at radius 2 is 1.59 bits per heavy atom. The second-order valence-corrected chi connectivity index (χ2v) is 8.33. The Morgan fingerprint density at radius 1 is 1.00 bits per heavy atom. The van der Waals surface area contributed by atoms with E-state index in [9.17, 15) is 13.2 Å². The fourth-order valence-electron chi connectivity index (χ4n) is 3.16. The molecule has 0 amide bonds. The third-order valence-electron chi connectivity index (χ3n) is 4.68. The highest BCUT2D eigenvalue weighted by atomic mass is 32.2. The average Bonchev–Trinajstić information content (AvgIpc) is 2.73. The summed E-state index contributed by atoms with van der Waals surface area (Å²) in [6.45, 7) is 7.60. The number of carboxylic acids is 1. The minimum absolute atomic E-state index is 0.309. The lowest BCUT2D eigenvalue weighted by Crippen LogP contribution is -2.49. The summed E-state index contributed by atoms with van der Waals surface area (Å²) in [5.74, 6) is -1.23. The Hall–Kier alpha value is -0.700. The van der Waals surface area contributed by atoms with Gasteiger partial charge < -0.3 is 5.11 Å². The van der Waals surface area contributed by atoms with E-state index in [1.165, 1.54) is 4.31 Å². The van der Waals surface area contributed by atoms with E-state index in [1.54, 1.807) is 4.31 Å². The smallest absolute Gasteiger partial charge is 0.306 e. The largest absolute Gasteiger partial charge is 0.481 e. The van der Waals surface area contributed by atoms with Crippen LogP contribution in [-0.2, 0) is 15.0 Å². The van der Waals surface area contributed by atoms with Gasteiger partial charge in [0.1, 0.15) is 0 Å². The van der Waals surface area contributed by atoms with Crippen molar-refractivity contribution in [3.63, 3.8) is 0 Å². The molecule has 0 aliphatic carbocycles. The summed E-state index contributed by atoms with van der Waals surface area (Å²) in [5, 5.41) is 9.01. The molecule has 0 aromatic carbocycles. The molecule has 2 saturated heterocycles. The van der Waals surface area contributed by atoms with E-state index in [0.29, 0.717) is 45.1 Å². The average molecular weight is 333 g/mol. The maximum absolute atomic E-state index is 12.7. The fourth-order valence-corrected chi connectivity index (χ4v) is 4.83. The molecule has 0 atom stereocenters. The third kappa shape index (κ3) is 3.98.